The Morgan fingerprint density at radius 1 is 1.00 bits per heavy atom. The Balaban J connectivity index is 1.46. The van der Waals surface area contributed by atoms with Crippen LogP contribution in [0.15, 0.2) is 58.8 Å². The zero-order chi connectivity index (χ0) is 19.6. The van der Waals surface area contributed by atoms with Crippen LogP contribution in [0.5, 0.6) is 5.75 Å². The first-order valence-corrected chi connectivity index (χ1v) is 10.5. The number of aromatic nitrogens is 3. The van der Waals surface area contributed by atoms with Crippen LogP contribution in [-0.2, 0) is 4.74 Å². The summed E-state index contributed by atoms with van der Waals surface area (Å²) in [4.78, 5) is 2.35. The number of ether oxygens (including phenoxy) is 2. The minimum atomic E-state index is 0.687. The lowest BCUT2D eigenvalue weighted by Crippen LogP contribution is -2.36. The van der Waals surface area contributed by atoms with E-state index in [9.17, 15) is 0 Å². The lowest BCUT2D eigenvalue weighted by Gasteiger charge is -2.29. The zero-order valence-corrected chi connectivity index (χ0v) is 16.9. The molecule has 8 heteroatoms. The lowest BCUT2D eigenvalue weighted by molar-refractivity contribution is 0.122. The molecule has 1 saturated heterocycles. The molecule has 0 amide bonds. The van der Waals surface area contributed by atoms with Crippen molar-refractivity contribution in [2.45, 2.75) is 5.16 Å². The summed E-state index contributed by atoms with van der Waals surface area (Å²) in [6.07, 6.45) is 0. The van der Waals surface area contributed by atoms with Crippen molar-refractivity contribution in [1.82, 2.24) is 14.9 Å². The highest BCUT2D eigenvalue weighted by Gasteiger charge is 2.22. The minimum Gasteiger partial charge on any atom is -0.496 e. The van der Waals surface area contributed by atoms with E-state index in [1.807, 2.05) is 28.9 Å². The molecule has 3 heterocycles. The van der Waals surface area contributed by atoms with E-state index in [4.69, 9.17) is 14.6 Å². The molecule has 5 rings (SSSR count). The van der Waals surface area contributed by atoms with Crippen molar-refractivity contribution in [2.24, 2.45) is 5.10 Å². The molecule has 7 nitrogen and oxygen atoms in total. The summed E-state index contributed by atoms with van der Waals surface area (Å²) in [6.45, 7) is 3.44. The fourth-order valence-electron chi connectivity index (χ4n) is 3.55. The van der Waals surface area contributed by atoms with Gasteiger partial charge in [0.15, 0.2) is 5.82 Å². The van der Waals surface area contributed by atoms with Gasteiger partial charge in [0.2, 0.25) is 5.16 Å². The molecule has 2 aromatic carbocycles. The average molecular weight is 407 g/mol. The molecule has 0 aliphatic carbocycles. The normalized spacial score (nSPS) is 16.3. The quantitative estimate of drug-likeness (QED) is 0.662. The molecule has 3 aromatic rings. The number of anilines is 1. The third-order valence-electron chi connectivity index (χ3n) is 5.10. The molecule has 0 bridgehead atoms. The first-order chi connectivity index (χ1) is 14.3. The topological polar surface area (TPSA) is 64.8 Å². The summed E-state index contributed by atoms with van der Waals surface area (Å²) in [5.74, 6) is 2.21. The van der Waals surface area contributed by atoms with Gasteiger partial charge in [-0.3, -0.25) is 0 Å². The third kappa shape index (κ3) is 3.49. The van der Waals surface area contributed by atoms with Gasteiger partial charge in [-0.15, -0.1) is 10.2 Å². The van der Waals surface area contributed by atoms with Gasteiger partial charge in [-0.05, 0) is 29.8 Å². The highest BCUT2D eigenvalue weighted by molar-refractivity contribution is 7.99. The van der Waals surface area contributed by atoms with Gasteiger partial charge in [-0.25, -0.2) is 0 Å². The van der Waals surface area contributed by atoms with Crippen molar-refractivity contribution in [3.63, 3.8) is 0 Å². The number of nitrogens with zero attached hydrogens (tertiary/aromatic N) is 5. The van der Waals surface area contributed by atoms with Crippen molar-refractivity contribution in [3.8, 4) is 17.1 Å². The SMILES string of the molecule is COc1ccccc1-c1nnc2n1N=C(c1ccc(N3CCOCC3)cc1)CS2. The summed E-state index contributed by atoms with van der Waals surface area (Å²) in [5.41, 5.74) is 4.22. The van der Waals surface area contributed by atoms with E-state index in [-0.39, 0.29) is 0 Å². The first kappa shape index (κ1) is 18.2. The molecular formula is C21H21N5O2S. The summed E-state index contributed by atoms with van der Waals surface area (Å²) < 4.78 is 12.8. The van der Waals surface area contributed by atoms with E-state index in [0.29, 0.717) is 5.82 Å². The number of rotatable bonds is 4. The molecule has 1 fully saturated rings. The van der Waals surface area contributed by atoms with Gasteiger partial charge < -0.3 is 14.4 Å². The maximum atomic E-state index is 5.49. The molecule has 0 unspecified atom stereocenters. The highest BCUT2D eigenvalue weighted by Crippen LogP contribution is 2.33. The van der Waals surface area contributed by atoms with Crippen molar-refractivity contribution in [1.29, 1.82) is 0 Å². The van der Waals surface area contributed by atoms with Crippen LogP contribution in [-0.4, -0.2) is 59.8 Å². The zero-order valence-electron chi connectivity index (χ0n) is 16.1. The Bertz CT molecular complexity index is 1040. The van der Waals surface area contributed by atoms with Gasteiger partial charge >= 0.3 is 0 Å². The smallest absolute Gasteiger partial charge is 0.212 e. The maximum Gasteiger partial charge on any atom is 0.212 e. The van der Waals surface area contributed by atoms with Gasteiger partial charge in [-0.1, -0.05) is 36.0 Å². The van der Waals surface area contributed by atoms with Crippen LogP contribution in [0.2, 0.25) is 0 Å². The van der Waals surface area contributed by atoms with E-state index < -0.39 is 0 Å². The Morgan fingerprint density at radius 3 is 2.59 bits per heavy atom. The Hall–Kier alpha value is -2.84. The number of benzene rings is 2. The maximum absolute atomic E-state index is 5.49. The second-order valence-corrected chi connectivity index (χ2v) is 7.74. The summed E-state index contributed by atoms with van der Waals surface area (Å²) in [7, 11) is 1.66. The number of para-hydroxylation sites is 1. The lowest BCUT2D eigenvalue weighted by atomic mass is 10.1. The molecule has 29 heavy (non-hydrogen) atoms. The molecule has 148 valence electrons. The molecule has 0 N–H and O–H groups in total. The van der Waals surface area contributed by atoms with Crippen molar-refractivity contribution >= 4 is 23.2 Å². The third-order valence-corrected chi connectivity index (χ3v) is 6.03. The molecule has 2 aliphatic heterocycles. The van der Waals surface area contributed by atoms with Crippen molar-refractivity contribution in [2.75, 3.05) is 44.1 Å². The van der Waals surface area contributed by atoms with Crippen LogP contribution in [0.3, 0.4) is 0 Å². The minimum absolute atomic E-state index is 0.687. The van der Waals surface area contributed by atoms with Crippen LogP contribution in [0.25, 0.3) is 11.4 Å². The largest absolute Gasteiger partial charge is 0.496 e. The fourth-order valence-corrected chi connectivity index (χ4v) is 4.39. The number of methoxy groups -OCH3 is 1. The highest BCUT2D eigenvalue weighted by atomic mass is 32.2. The molecule has 0 atom stereocenters. The van der Waals surface area contributed by atoms with Crippen LogP contribution in [0.1, 0.15) is 5.56 Å². The summed E-state index contributed by atoms with van der Waals surface area (Å²) in [5, 5.41) is 14.3. The number of hydrogen-bond donors (Lipinski definition) is 0. The predicted octanol–water partition coefficient (Wildman–Crippen LogP) is 3.15. The molecular weight excluding hydrogens is 386 g/mol. The number of thioether (sulfide) groups is 1. The molecule has 0 spiro atoms. The number of fused-ring (bicyclic) bond motifs is 1. The monoisotopic (exact) mass is 407 g/mol. The molecule has 2 aliphatic rings. The van der Waals surface area contributed by atoms with Gasteiger partial charge in [0, 0.05) is 24.5 Å². The fraction of sp³-hybridized carbons (Fsp3) is 0.286. The van der Waals surface area contributed by atoms with E-state index >= 15 is 0 Å². The Kier molecular flexibility index (Phi) is 4.95. The first-order valence-electron chi connectivity index (χ1n) is 9.56. The summed E-state index contributed by atoms with van der Waals surface area (Å²) in [6, 6.07) is 16.4. The van der Waals surface area contributed by atoms with E-state index in [1.54, 1.807) is 18.9 Å². The van der Waals surface area contributed by atoms with Crippen LogP contribution < -0.4 is 9.64 Å². The van der Waals surface area contributed by atoms with Crippen LogP contribution in [0.4, 0.5) is 5.69 Å². The second kappa shape index (κ2) is 7.88. The molecule has 1 aromatic heterocycles. The number of morpholine rings is 1. The van der Waals surface area contributed by atoms with Crippen LogP contribution >= 0.6 is 11.8 Å². The van der Waals surface area contributed by atoms with E-state index in [0.717, 1.165) is 59.8 Å². The Morgan fingerprint density at radius 2 is 1.79 bits per heavy atom. The van der Waals surface area contributed by atoms with Crippen molar-refractivity contribution < 1.29 is 9.47 Å². The van der Waals surface area contributed by atoms with Gasteiger partial charge in [0.25, 0.3) is 0 Å². The van der Waals surface area contributed by atoms with Crippen LogP contribution in [0, 0.1) is 0 Å². The molecule has 0 saturated carbocycles. The molecule has 0 radical (unpaired) electrons. The van der Waals surface area contributed by atoms with E-state index in [2.05, 4.69) is 39.4 Å². The standard InChI is InChI=1S/C21H21N5O2S/c1-27-19-5-3-2-4-17(19)20-22-23-21-26(20)24-18(14-29-21)15-6-8-16(9-7-15)25-10-12-28-13-11-25/h2-9H,10-14H2,1H3. The van der Waals surface area contributed by atoms with Gasteiger partial charge in [-0.2, -0.15) is 9.78 Å². The van der Waals surface area contributed by atoms with Gasteiger partial charge in [0.1, 0.15) is 5.75 Å². The predicted molar refractivity (Wildman–Crippen MR) is 114 cm³/mol. The Labute approximate surface area is 173 Å². The summed E-state index contributed by atoms with van der Waals surface area (Å²) >= 11 is 1.64. The van der Waals surface area contributed by atoms with Crippen molar-refractivity contribution in [3.05, 3.63) is 54.1 Å². The van der Waals surface area contributed by atoms with Gasteiger partial charge in [0.05, 0.1) is 31.6 Å². The second-order valence-electron chi connectivity index (χ2n) is 6.80. The average Bonchev–Trinajstić information content (AvgIpc) is 3.23. The van der Waals surface area contributed by atoms with E-state index in [1.165, 1.54) is 5.69 Å². The number of hydrogen-bond acceptors (Lipinski definition) is 7.